The molecule has 1 aliphatic rings. The maximum atomic E-state index is 12.5. The molecule has 4 heteroatoms. The van der Waals surface area contributed by atoms with Crippen LogP contribution in [0.5, 0.6) is 5.75 Å². The van der Waals surface area contributed by atoms with Gasteiger partial charge in [-0.1, -0.05) is 24.3 Å². The molecule has 0 heterocycles. The van der Waals surface area contributed by atoms with E-state index in [0.29, 0.717) is 5.56 Å². The molecule has 2 aromatic rings. The Morgan fingerprint density at radius 2 is 1.77 bits per heavy atom. The van der Waals surface area contributed by atoms with Gasteiger partial charge in [0.15, 0.2) is 6.10 Å². The van der Waals surface area contributed by atoms with E-state index in [0.717, 1.165) is 30.6 Å². The highest BCUT2D eigenvalue weighted by Crippen LogP contribution is 2.23. The van der Waals surface area contributed by atoms with Gasteiger partial charge in [0, 0.05) is 11.6 Å². The lowest BCUT2D eigenvalue weighted by Gasteiger charge is -2.12. The topological polar surface area (TPSA) is 52.6 Å². The van der Waals surface area contributed by atoms with Crippen LogP contribution in [-0.4, -0.2) is 25.0 Å². The Morgan fingerprint density at radius 1 is 1.04 bits per heavy atom. The van der Waals surface area contributed by atoms with Crippen molar-refractivity contribution in [2.45, 2.75) is 32.3 Å². The van der Waals surface area contributed by atoms with Gasteiger partial charge in [0.1, 0.15) is 5.75 Å². The number of ether oxygens (including phenoxy) is 2. The highest BCUT2D eigenvalue weighted by atomic mass is 16.5. The van der Waals surface area contributed by atoms with Crippen LogP contribution in [0.25, 0.3) is 6.08 Å². The molecule has 4 nitrogen and oxygen atoms in total. The minimum atomic E-state index is -0.817. The first-order valence-electron chi connectivity index (χ1n) is 8.75. The average Bonchev–Trinajstić information content (AvgIpc) is 3.13. The van der Waals surface area contributed by atoms with Crippen molar-refractivity contribution in [2.24, 2.45) is 0 Å². The molecule has 134 valence electrons. The first-order valence-corrected chi connectivity index (χ1v) is 8.75. The van der Waals surface area contributed by atoms with Gasteiger partial charge in [-0.05, 0) is 67.2 Å². The highest BCUT2D eigenvalue weighted by Gasteiger charge is 2.20. The average molecular weight is 350 g/mol. The van der Waals surface area contributed by atoms with Crippen molar-refractivity contribution in [3.8, 4) is 5.75 Å². The number of rotatable bonds is 6. The monoisotopic (exact) mass is 350 g/mol. The van der Waals surface area contributed by atoms with Crippen molar-refractivity contribution in [3.63, 3.8) is 0 Å². The van der Waals surface area contributed by atoms with E-state index >= 15 is 0 Å². The van der Waals surface area contributed by atoms with Crippen LogP contribution in [0.15, 0.2) is 48.5 Å². The van der Waals surface area contributed by atoms with Crippen LogP contribution in [0.3, 0.4) is 0 Å². The third-order valence-electron chi connectivity index (χ3n) is 4.57. The molecule has 0 aliphatic heterocycles. The van der Waals surface area contributed by atoms with Crippen molar-refractivity contribution in [3.05, 3.63) is 70.8 Å². The Morgan fingerprint density at radius 3 is 2.50 bits per heavy atom. The standard InChI is InChI=1S/C22H22O4/c1-15(22(24)19-10-9-17-4-3-5-18(17)14-19)26-21(23)13-8-16-6-11-20(25-2)12-7-16/h6-15H,3-5H2,1-2H3/b13-8+/t15-/m1/s1. The van der Waals surface area contributed by atoms with E-state index < -0.39 is 12.1 Å². The van der Waals surface area contributed by atoms with Crippen molar-refractivity contribution in [1.29, 1.82) is 0 Å². The minimum absolute atomic E-state index is 0.175. The van der Waals surface area contributed by atoms with Gasteiger partial charge < -0.3 is 9.47 Å². The number of aryl methyl sites for hydroxylation is 2. The first kappa shape index (κ1) is 17.9. The van der Waals surface area contributed by atoms with E-state index in [1.54, 1.807) is 20.1 Å². The van der Waals surface area contributed by atoms with Gasteiger partial charge in [0.25, 0.3) is 0 Å². The lowest BCUT2D eigenvalue weighted by molar-refractivity contribution is -0.140. The zero-order valence-electron chi connectivity index (χ0n) is 15.0. The van der Waals surface area contributed by atoms with Crippen molar-refractivity contribution in [1.82, 2.24) is 0 Å². The van der Waals surface area contributed by atoms with Crippen molar-refractivity contribution < 1.29 is 19.1 Å². The number of Topliss-reactive ketones (excluding diaryl/α,β-unsaturated/α-hetero) is 1. The second-order valence-corrected chi connectivity index (χ2v) is 6.39. The van der Waals surface area contributed by atoms with Gasteiger partial charge in [0.05, 0.1) is 7.11 Å². The van der Waals surface area contributed by atoms with Crippen LogP contribution in [0.1, 0.15) is 40.4 Å². The molecule has 1 aliphatic carbocycles. The number of esters is 1. The summed E-state index contributed by atoms with van der Waals surface area (Å²) >= 11 is 0. The van der Waals surface area contributed by atoms with Gasteiger partial charge in [0.2, 0.25) is 5.78 Å². The predicted octanol–water partition coefficient (Wildman–Crippen LogP) is 4.01. The molecule has 0 radical (unpaired) electrons. The maximum Gasteiger partial charge on any atom is 0.331 e. The van der Waals surface area contributed by atoms with Gasteiger partial charge in [-0.15, -0.1) is 0 Å². The normalized spacial score (nSPS) is 14.1. The summed E-state index contributed by atoms with van der Waals surface area (Å²) in [5, 5.41) is 0. The molecule has 0 unspecified atom stereocenters. The van der Waals surface area contributed by atoms with Gasteiger partial charge >= 0.3 is 5.97 Å². The molecule has 0 bridgehead atoms. The third kappa shape index (κ3) is 4.20. The Kier molecular flexibility index (Phi) is 5.52. The highest BCUT2D eigenvalue weighted by molar-refractivity contribution is 6.01. The van der Waals surface area contributed by atoms with Gasteiger partial charge in [-0.2, -0.15) is 0 Å². The molecule has 3 rings (SSSR count). The lowest BCUT2D eigenvalue weighted by atomic mass is 10.0. The molecular weight excluding hydrogens is 328 g/mol. The summed E-state index contributed by atoms with van der Waals surface area (Å²) < 4.78 is 10.3. The summed E-state index contributed by atoms with van der Waals surface area (Å²) in [7, 11) is 1.60. The summed E-state index contributed by atoms with van der Waals surface area (Å²) in [4.78, 5) is 24.5. The van der Waals surface area contributed by atoms with Crippen molar-refractivity contribution in [2.75, 3.05) is 7.11 Å². The number of ketones is 1. The second-order valence-electron chi connectivity index (χ2n) is 6.39. The Bertz CT molecular complexity index is 834. The molecule has 2 aromatic carbocycles. The SMILES string of the molecule is COc1ccc(/C=C/C(=O)O[C@H](C)C(=O)c2ccc3c(c2)CCC3)cc1. The predicted molar refractivity (Wildman–Crippen MR) is 100 cm³/mol. The number of hydrogen-bond donors (Lipinski definition) is 0. The van der Waals surface area contributed by atoms with E-state index in [1.165, 1.54) is 17.2 Å². The second kappa shape index (κ2) is 8.00. The minimum Gasteiger partial charge on any atom is -0.497 e. The number of benzene rings is 2. The Labute approximate surface area is 153 Å². The number of fused-ring (bicyclic) bond motifs is 1. The summed E-state index contributed by atoms with van der Waals surface area (Å²) in [6, 6.07) is 13.1. The zero-order chi connectivity index (χ0) is 18.5. The van der Waals surface area contributed by atoms with Crippen LogP contribution in [0.4, 0.5) is 0 Å². The van der Waals surface area contributed by atoms with Crippen LogP contribution in [0.2, 0.25) is 0 Å². The fraction of sp³-hybridized carbons (Fsp3) is 0.273. The molecule has 0 amide bonds. The van der Waals surface area contributed by atoms with Gasteiger partial charge in [-0.3, -0.25) is 4.79 Å². The number of hydrogen-bond acceptors (Lipinski definition) is 4. The van der Waals surface area contributed by atoms with Crippen molar-refractivity contribution >= 4 is 17.8 Å². The van der Waals surface area contributed by atoms with Crippen LogP contribution >= 0.6 is 0 Å². The Balaban J connectivity index is 1.59. The summed E-state index contributed by atoms with van der Waals surface area (Å²) in [6.45, 7) is 1.61. The zero-order valence-corrected chi connectivity index (χ0v) is 15.0. The molecule has 0 saturated carbocycles. The largest absolute Gasteiger partial charge is 0.497 e. The summed E-state index contributed by atoms with van der Waals surface area (Å²) in [6.07, 6.45) is 5.37. The number of carbonyl (C=O) groups excluding carboxylic acids is 2. The Hall–Kier alpha value is -2.88. The summed E-state index contributed by atoms with van der Waals surface area (Å²) in [5.74, 6) is 0.0343. The van der Waals surface area contributed by atoms with E-state index in [-0.39, 0.29) is 5.78 Å². The van der Waals surface area contributed by atoms with Crippen LogP contribution in [0, 0.1) is 0 Å². The molecule has 26 heavy (non-hydrogen) atoms. The van der Waals surface area contributed by atoms with E-state index in [4.69, 9.17) is 9.47 Å². The molecule has 0 saturated heterocycles. The maximum absolute atomic E-state index is 12.5. The molecule has 0 aromatic heterocycles. The van der Waals surface area contributed by atoms with Crippen LogP contribution in [-0.2, 0) is 22.4 Å². The lowest BCUT2D eigenvalue weighted by Crippen LogP contribution is -2.23. The smallest absolute Gasteiger partial charge is 0.331 e. The quantitative estimate of drug-likeness (QED) is 0.449. The van der Waals surface area contributed by atoms with E-state index in [9.17, 15) is 9.59 Å². The summed E-state index contributed by atoms with van der Waals surface area (Å²) in [5.41, 5.74) is 3.99. The molecule has 1 atom stereocenters. The molecular formula is C22H22O4. The first-order chi connectivity index (χ1) is 12.6. The van der Waals surface area contributed by atoms with Gasteiger partial charge in [-0.25, -0.2) is 4.79 Å². The van der Waals surface area contributed by atoms with E-state index in [1.807, 2.05) is 42.5 Å². The fourth-order valence-electron chi connectivity index (χ4n) is 3.11. The molecule has 0 fully saturated rings. The van der Waals surface area contributed by atoms with E-state index in [2.05, 4.69) is 0 Å². The molecule has 0 N–H and O–H groups in total. The number of carbonyl (C=O) groups is 2. The molecule has 0 spiro atoms. The fourth-order valence-corrected chi connectivity index (χ4v) is 3.11. The third-order valence-corrected chi connectivity index (χ3v) is 4.57. The van der Waals surface area contributed by atoms with Crippen LogP contribution < -0.4 is 4.74 Å². The number of methoxy groups -OCH3 is 1.